The van der Waals surface area contributed by atoms with Gasteiger partial charge in [-0.3, -0.25) is 9.59 Å². The SMILES string of the molecule is CC(C)(C)OC(=O)c1cc(-c2ccccc2)sc1NC(=O)CCCCC(=O)Nc1sc(-c2ccccc2)cc1C(=O)OC(C)(C)C. The van der Waals surface area contributed by atoms with Gasteiger partial charge in [-0.25, -0.2) is 9.59 Å². The van der Waals surface area contributed by atoms with Gasteiger partial charge >= 0.3 is 11.9 Å². The Morgan fingerprint density at radius 3 is 1.26 bits per heavy atom. The van der Waals surface area contributed by atoms with Gasteiger partial charge in [0.15, 0.2) is 0 Å². The van der Waals surface area contributed by atoms with Crippen LogP contribution < -0.4 is 10.6 Å². The van der Waals surface area contributed by atoms with Crippen LogP contribution in [0.15, 0.2) is 72.8 Å². The summed E-state index contributed by atoms with van der Waals surface area (Å²) in [6.07, 6.45) is 1.24. The fraction of sp³-hybridized carbons (Fsp3) is 0.333. The zero-order valence-corrected chi connectivity index (χ0v) is 28.7. The molecule has 2 aromatic heterocycles. The Bertz CT molecular complexity index is 1550. The first kappa shape index (κ1) is 34.6. The molecule has 10 heteroatoms. The molecular weight excluding hydrogens is 621 g/mol. The van der Waals surface area contributed by atoms with Crippen LogP contribution in [0.25, 0.3) is 20.9 Å². The number of esters is 2. The monoisotopic (exact) mass is 660 g/mol. The van der Waals surface area contributed by atoms with Crippen molar-refractivity contribution in [2.45, 2.75) is 78.4 Å². The Morgan fingerprint density at radius 2 is 0.935 bits per heavy atom. The number of hydrogen-bond acceptors (Lipinski definition) is 8. The van der Waals surface area contributed by atoms with E-state index in [0.29, 0.717) is 34.0 Å². The molecule has 2 amide bonds. The molecule has 0 saturated carbocycles. The van der Waals surface area contributed by atoms with E-state index >= 15 is 0 Å². The van der Waals surface area contributed by atoms with E-state index in [4.69, 9.17) is 9.47 Å². The minimum absolute atomic E-state index is 0.167. The van der Waals surface area contributed by atoms with Crippen molar-refractivity contribution >= 4 is 56.4 Å². The molecule has 0 unspecified atom stereocenters. The van der Waals surface area contributed by atoms with Crippen LogP contribution in [0.3, 0.4) is 0 Å². The number of thiophene rings is 2. The van der Waals surface area contributed by atoms with Crippen LogP contribution in [0.2, 0.25) is 0 Å². The summed E-state index contributed by atoms with van der Waals surface area (Å²) in [5.74, 6) is -1.53. The molecule has 46 heavy (non-hydrogen) atoms. The number of nitrogens with one attached hydrogen (secondary N) is 2. The predicted octanol–water partition coefficient (Wildman–Crippen LogP) is 9.19. The van der Waals surface area contributed by atoms with Crippen LogP contribution in [0.4, 0.5) is 10.0 Å². The molecule has 0 aliphatic carbocycles. The highest BCUT2D eigenvalue weighted by molar-refractivity contribution is 7.20. The number of anilines is 2. The van der Waals surface area contributed by atoms with E-state index in [2.05, 4.69) is 10.6 Å². The van der Waals surface area contributed by atoms with Crippen molar-refractivity contribution in [1.29, 1.82) is 0 Å². The third-order valence-corrected chi connectivity index (χ3v) is 8.58. The summed E-state index contributed by atoms with van der Waals surface area (Å²) in [6.45, 7) is 10.8. The van der Waals surface area contributed by atoms with Gasteiger partial charge in [-0.1, -0.05) is 60.7 Å². The summed E-state index contributed by atoms with van der Waals surface area (Å²) in [6, 6.07) is 22.7. The van der Waals surface area contributed by atoms with Crippen LogP contribution in [0, 0.1) is 0 Å². The number of carbonyl (C=O) groups excluding carboxylic acids is 4. The number of rotatable bonds is 11. The second-order valence-electron chi connectivity index (χ2n) is 12.7. The maximum absolute atomic E-state index is 13.0. The number of unbranched alkanes of at least 4 members (excludes halogenated alkanes) is 1. The lowest BCUT2D eigenvalue weighted by atomic mass is 10.1. The maximum Gasteiger partial charge on any atom is 0.341 e. The van der Waals surface area contributed by atoms with Crippen molar-refractivity contribution in [3.05, 3.63) is 83.9 Å². The number of ether oxygens (including phenoxy) is 2. The molecule has 2 N–H and O–H groups in total. The molecule has 0 spiro atoms. The van der Waals surface area contributed by atoms with Gasteiger partial charge in [-0.2, -0.15) is 0 Å². The average Bonchev–Trinajstić information content (AvgIpc) is 3.59. The van der Waals surface area contributed by atoms with Gasteiger partial charge in [-0.15, -0.1) is 22.7 Å². The molecule has 0 bridgehead atoms. The van der Waals surface area contributed by atoms with E-state index in [-0.39, 0.29) is 24.7 Å². The molecule has 4 rings (SSSR count). The van der Waals surface area contributed by atoms with Crippen molar-refractivity contribution in [2.24, 2.45) is 0 Å². The normalized spacial score (nSPS) is 11.5. The summed E-state index contributed by atoms with van der Waals surface area (Å²) in [4.78, 5) is 53.4. The van der Waals surface area contributed by atoms with Gasteiger partial charge in [0.05, 0.1) is 11.1 Å². The van der Waals surface area contributed by atoms with Crippen LogP contribution in [-0.2, 0) is 19.1 Å². The molecule has 4 aromatic rings. The Labute approximate surface area is 278 Å². The van der Waals surface area contributed by atoms with Crippen LogP contribution in [-0.4, -0.2) is 35.0 Å². The molecule has 0 atom stereocenters. The van der Waals surface area contributed by atoms with Crippen LogP contribution in [0.5, 0.6) is 0 Å². The van der Waals surface area contributed by atoms with Gasteiger partial charge in [0.25, 0.3) is 0 Å². The van der Waals surface area contributed by atoms with E-state index in [9.17, 15) is 19.2 Å². The van der Waals surface area contributed by atoms with Crippen molar-refractivity contribution in [2.75, 3.05) is 10.6 Å². The van der Waals surface area contributed by atoms with Crippen LogP contribution >= 0.6 is 22.7 Å². The van der Waals surface area contributed by atoms with E-state index in [1.165, 1.54) is 22.7 Å². The first-order valence-electron chi connectivity index (χ1n) is 15.1. The fourth-order valence-electron chi connectivity index (χ4n) is 4.38. The fourth-order valence-corrected chi connectivity index (χ4v) is 6.51. The maximum atomic E-state index is 13.0. The van der Waals surface area contributed by atoms with Crippen molar-refractivity contribution in [1.82, 2.24) is 0 Å². The van der Waals surface area contributed by atoms with E-state index in [0.717, 1.165) is 20.9 Å². The Kier molecular flexibility index (Phi) is 11.2. The summed E-state index contributed by atoms with van der Waals surface area (Å²) < 4.78 is 11.2. The molecule has 8 nitrogen and oxygen atoms in total. The molecule has 0 aliphatic rings. The van der Waals surface area contributed by atoms with E-state index < -0.39 is 23.1 Å². The third kappa shape index (κ3) is 10.1. The summed E-state index contributed by atoms with van der Waals surface area (Å²) >= 11 is 2.63. The Morgan fingerprint density at radius 1 is 0.587 bits per heavy atom. The number of benzene rings is 2. The lowest BCUT2D eigenvalue weighted by Gasteiger charge is -2.19. The third-order valence-electron chi connectivity index (χ3n) is 6.38. The van der Waals surface area contributed by atoms with E-state index in [1.54, 1.807) is 53.7 Å². The Hall–Kier alpha value is -4.28. The molecular formula is C36H40N2O6S2. The highest BCUT2D eigenvalue weighted by Gasteiger charge is 2.26. The first-order chi connectivity index (χ1) is 21.7. The number of hydrogen-bond donors (Lipinski definition) is 2. The van der Waals surface area contributed by atoms with Gasteiger partial charge in [0.1, 0.15) is 21.2 Å². The number of carbonyl (C=O) groups is 4. The lowest BCUT2D eigenvalue weighted by Crippen LogP contribution is -2.24. The van der Waals surface area contributed by atoms with Gasteiger partial charge < -0.3 is 20.1 Å². The largest absolute Gasteiger partial charge is 0.456 e. The summed E-state index contributed by atoms with van der Waals surface area (Å²) in [5.41, 5.74) is 1.10. The lowest BCUT2D eigenvalue weighted by molar-refractivity contribution is -0.118. The molecule has 2 aromatic carbocycles. The highest BCUT2D eigenvalue weighted by atomic mass is 32.1. The second-order valence-corrected chi connectivity index (χ2v) is 14.9. The van der Waals surface area contributed by atoms with Crippen LogP contribution in [0.1, 0.15) is 87.9 Å². The molecule has 0 fully saturated rings. The van der Waals surface area contributed by atoms with E-state index in [1.807, 2.05) is 60.7 Å². The molecule has 2 heterocycles. The molecule has 242 valence electrons. The molecule has 0 saturated heterocycles. The molecule has 0 aliphatic heterocycles. The van der Waals surface area contributed by atoms with Gasteiger partial charge in [0, 0.05) is 22.6 Å². The summed E-state index contributed by atoms with van der Waals surface area (Å²) in [7, 11) is 0. The average molecular weight is 661 g/mol. The van der Waals surface area contributed by atoms with Crippen molar-refractivity contribution in [3.8, 4) is 20.9 Å². The van der Waals surface area contributed by atoms with Crippen molar-refractivity contribution < 1.29 is 28.7 Å². The summed E-state index contributed by atoms with van der Waals surface area (Å²) in [5, 5.41) is 6.62. The highest BCUT2D eigenvalue weighted by Crippen LogP contribution is 2.38. The van der Waals surface area contributed by atoms with Gasteiger partial charge in [0.2, 0.25) is 11.8 Å². The zero-order valence-electron chi connectivity index (χ0n) is 27.0. The topological polar surface area (TPSA) is 111 Å². The number of amides is 2. The standard InChI is InChI=1S/C36H40N2O6S2/c1-35(2,3)43-33(41)25-21-27(23-15-9-7-10-16-23)45-31(25)37-29(39)19-13-14-20-30(40)38-32-26(34(42)44-36(4,5)6)22-28(46-32)24-17-11-8-12-18-24/h7-12,15-18,21-22H,13-14,19-20H2,1-6H3,(H,37,39)(H,38,40). The minimum atomic E-state index is -0.687. The Balaban J connectivity index is 1.36. The molecule has 0 radical (unpaired) electrons. The second kappa shape index (κ2) is 14.9. The minimum Gasteiger partial charge on any atom is -0.456 e. The van der Waals surface area contributed by atoms with Crippen molar-refractivity contribution in [3.63, 3.8) is 0 Å². The smallest absolute Gasteiger partial charge is 0.341 e. The quantitative estimate of drug-likeness (QED) is 0.123. The van der Waals surface area contributed by atoms with Gasteiger partial charge in [-0.05, 0) is 77.6 Å². The predicted molar refractivity (Wildman–Crippen MR) is 186 cm³/mol. The first-order valence-corrected chi connectivity index (χ1v) is 16.8. The zero-order chi connectivity index (χ0) is 33.5.